The maximum atomic E-state index is 2.48. The third-order valence-electron chi connectivity index (χ3n) is 1.95. The Morgan fingerprint density at radius 1 is 1.30 bits per heavy atom. The topological polar surface area (TPSA) is 0 Å². The van der Waals surface area contributed by atoms with Gasteiger partial charge in [-0.1, -0.05) is 34.1 Å². The van der Waals surface area contributed by atoms with Crippen LogP contribution >= 0.6 is 0 Å². The second kappa shape index (κ2) is 5.84. The van der Waals surface area contributed by atoms with E-state index >= 15 is 0 Å². The summed E-state index contributed by atoms with van der Waals surface area (Å²) in [6.07, 6.45) is 2.63. The molecule has 0 spiro atoms. The van der Waals surface area contributed by atoms with E-state index in [1.807, 2.05) is 0 Å². The fourth-order valence-corrected chi connectivity index (χ4v) is 2.48. The molecule has 0 nitrogen and oxygen atoms in total. The summed E-state index contributed by atoms with van der Waals surface area (Å²) in [6.45, 7) is 9.22. The molecule has 0 N–H and O–H groups in total. The summed E-state index contributed by atoms with van der Waals surface area (Å²) >= 11 is 0. The molecular weight excluding hydrogens is 136 g/mol. The van der Waals surface area contributed by atoms with E-state index in [9.17, 15) is 0 Å². The first-order valence-electron chi connectivity index (χ1n) is 4.39. The van der Waals surface area contributed by atoms with E-state index in [0.29, 0.717) is 9.13 Å². The van der Waals surface area contributed by atoms with Crippen LogP contribution in [-0.4, -0.2) is 14.8 Å². The van der Waals surface area contributed by atoms with Gasteiger partial charge in [0.25, 0.3) is 0 Å². The van der Waals surface area contributed by atoms with Gasteiger partial charge in [-0.05, 0) is 27.0 Å². The van der Waals surface area contributed by atoms with Crippen molar-refractivity contribution in [2.24, 2.45) is 5.92 Å². The molecule has 0 aromatic heterocycles. The lowest BCUT2D eigenvalue weighted by Gasteiger charge is -2.13. The molecule has 0 saturated carbocycles. The van der Waals surface area contributed by atoms with Crippen molar-refractivity contribution < 1.29 is 0 Å². The molecule has 0 aromatic rings. The minimum atomic E-state index is 0.616. The highest BCUT2D eigenvalue weighted by Gasteiger charge is 2.05. The molecule has 0 fully saturated rings. The lowest BCUT2D eigenvalue weighted by Crippen LogP contribution is -2.05. The lowest BCUT2D eigenvalue weighted by atomic mass is 10.1. The molecule has 0 heterocycles. The predicted molar refractivity (Wildman–Crippen MR) is 52.4 cm³/mol. The van der Waals surface area contributed by atoms with Crippen molar-refractivity contribution in [1.82, 2.24) is 0 Å². The molecule has 0 saturated heterocycles. The average Bonchev–Trinajstić information content (AvgIpc) is 1.89. The van der Waals surface area contributed by atoms with Crippen LogP contribution in [0.1, 0.15) is 40.5 Å². The maximum Gasteiger partial charge on any atom is -0.00837 e. The van der Waals surface area contributed by atoms with E-state index < -0.39 is 0 Å². The Morgan fingerprint density at radius 2 is 1.90 bits per heavy atom. The predicted octanol–water partition coefficient (Wildman–Crippen LogP) is 2.49. The molecule has 10 heavy (non-hydrogen) atoms. The Bertz CT molecular complexity index is 94.9. The largest absolute Gasteiger partial charge is 0.106 e. The van der Waals surface area contributed by atoms with Crippen LogP contribution in [0.25, 0.3) is 0 Å². The average molecular weight is 156 g/mol. The van der Waals surface area contributed by atoms with E-state index in [1.165, 1.54) is 12.8 Å². The van der Waals surface area contributed by atoms with Crippen molar-refractivity contribution in [3.63, 3.8) is 0 Å². The van der Waals surface area contributed by atoms with E-state index in [-0.39, 0.29) is 0 Å². The second-order valence-corrected chi connectivity index (χ2v) is 4.87. The summed E-state index contributed by atoms with van der Waals surface area (Å²) in [7, 11) is 0.616. The fraction of sp³-hybridized carbons (Fsp3) is 0.889. The van der Waals surface area contributed by atoms with Gasteiger partial charge in [0.2, 0.25) is 0 Å². The summed E-state index contributed by atoms with van der Waals surface area (Å²) in [5.74, 6) is 0.891. The van der Waals surface area contributed by atoms with Crippen molar-refractivity contribution >= 4 is 14.8 Å². The second-order valence-electron chi connectivity index (χ2n) is 3.15. The summed E-state index contributed by atoms with van der Waals surface area (Å²) in [6, 6.07) is 0. The van der Waals surface area contributed by atoms with E-state index in [1.54, 1.807) is 0 Å². The highest BCUT2D eigenvalue weighted by atomic mass is 28.2. The molecule has 0 bridgehead atoms. The van der Waals surface area contributed by atoms with Gasteiger partial charge in [0.1, 0.15) is 0 Å². The molecule has 1 heteroatoms. The van der Waals surface area contributed by atoms with Crippen LogP contribution in [0.15, 0.2) is 0 Å². The van der Waals surface area contributed by atoms with Gasteiger partial charge in [-0.15, -0.1) is 5.67 Å². The fourth-order valence-electron chi connectivity index (χ4n) is 1.14. The van der Waals surface area contributed by atoms with Crippen LogP contribution in [-0.2, 0) is 0 Å². The van der Waals surface area contributed by atoms with E-state index in [0.717, 1.165) is 11.5 Å². The molecule has 1 unspecified atom stereocenters. The Balaban J connectivity index is 3.71. The molecule has 0 radical (unpaired) electrons. The Labute approximate surface area is 67.5 Å². The van der Waals surface area contributed by atoms with Gasteiger partial charge in [-0.3, -0.25) is 0 Å². The SMILES string of the molecule is CCC=[SiH]C(CC)C(C)C. The molecule has 0 rings (SSSR count). The molecule has 0 amide bonds. The van der Waals surface area contributed by atoms with Crippen LogP contribution in [0.2, 0.25) is 5.54 Å². The third kappa shape index (κ3) is 3.99. The standard InChI is InChI=1S/C9H20Si/c1-5-7-10-9(6-2)8(3)4/h7-10H,5-6H2,1-4H3. The third-order valence-corrected chi connectivity index (χ3v) is 4.43. The van der Waals surface area contributed by atoms with Crippen LogP contribution < -0.4 is 0 Å². The van der Waals surface area contributed by atoms with Gasteiger partial charge in [0.05, 0.1) is 0 Å². The van der Waals surface area contributed by atoms with Gasteiger partial charge >= 0.3 is 0 Å². The van der Waals surface area contributed by atoms with Crippen LogP contribution in [0.4, 0.5) is 0 Å². The van der Waals surface area contributed by atoms with Gasteiger partial charge in [-0.2, -0.15) is 0 Å². The molecule has 1 atom stereocenters. The van der Waals surface area contributed by atoms with Crippen molar-refractivity contribution in [1.29, 1.82) is 0 Å². The molecule has 0 aliphatic carbocycles. The van der Waals surface area contributed by atoms with Gasteiger partial charge in [0, 0.05) is 0 Å². The minimum Gasteiger partial charge on any atom is -0.106 e. The first-order valence-corrected chi connectivity index (χ1v) is 5.72. The molecule has 0 aliphatic rings. The van der Waals surface area contributed by atoms with Crippen LogP contribution in [0, 0.1) is 5.92 Å². The monoisotopic (exact) mass is 156 g/mol. The van der Waals surface area contributed by atoms with Crippen molar-refractivity contribution in [3.05, 3.63) is 0 Å². The van der Waals surface area contributed by atoms with Crippen LogP contribution in [0.5, 0.6) is 0 Å². The summed E-state index contributed by atoms with van der Waals surface area (Å²) < 4.78 is 0. The zero-order chi connectivity index (χ0) is 7.98. The summed E-state index contributed by atoms with van der Waals surface area (Å²) in [5, 5.41) is 0. The Hall–Kier alpha value is 0.0869. The van der Waals surface area contributed by atoms with E-state index in [2.05, 4.69) is 33.4 Å². The van der Waals surface area contributed by atoms with Crippen LogP contribution in [0.3, 0.4) is 0 Å². The maximum absolute atomic E-state index is 2.48. The normalized spacial score (nSPS) is 14.9. The van der Waals surface area contributed by atoms with E-state index in [4.69, 9.17) is 0 Å². The first-order chi connectivity index (χ1) is 4.72. The summed E-state index contributed by atoms with van der Waals surface area (Å²) in [4.78, 5) is 0. The first kappa shape index (κ1) is 10.1. The molecular formula is C9H20Si. The highest BCUT2D eigenvalue weighted by Crippen LogP contribution is 2.17. The van der Waals surface area contributed by atoms with Gasteiger partial charge in [0.15, 0.2) is 0 Å². The zero-order valence-electron chi connectivity index (χ0n) is 7.72. The smallest absolute Gasteiger partial charge is 0.00837 e. The number of hydrogen-bond acceptors (Lipinski definition) is 0. The minimum absolute atomic E-state index is 0.616. The Morgan fingerprint density at radius 3 is 2.20 bits per heavy atom. The molecule has 0 aliphatic heterocycles. The van der Waals surface area contributed by atoms with Gasteiger partial charge < -0.3 is 0 Å². The van der Waals surface area contributed by atoms with Crippen molar-refractivity contribution in [3.8, 4) is 0 Å². The number of hydrogen-bond donors (Lipinski definition) is 0. The van der Waals surface area contributed by atoms with Crippen molar-refractivity contribution in [2.45, 2.75) is 46.1 Å². The molecule has 60 valence electrons. The number of rotatable bonds is 4. The quantitative estimate of drug-likeness (QED) is 0.549. The zero-order valence-corrected chi connectivity index (χ0v) is 8.88. The molecule has 0 aromatic carbocycles. The van der Waals surface area contributed by atoms with Crippen molar-refractivity contribution in [2.75, 3.05) is 0 Å². The lowest BCUT2D eigenvalue weighted by molar-refractivity contribution is 0.574. The summed E-state index contributed by atoms with van der Waals surface area (Å²) in [5.41, 5.74) is 3.48. The highest BCUT2D eigenvalue weighted by molar-refractivity contribution is 6.48. The van der Waals surface area contributed by atoms with Gasteiger partial charge in [-0.25, -0.2) is 0 Å². The Kier molecular flexibility index (Phi) is 5.89.